The van der Waals surface area contributed by atoms with E-state index in [4.69, 9.17) is 15.2 Å². The molecule has 7 heteroatoms. The molecule has 19 heavy (non-hydrogen) atoms. The number of rotatable bonds is 6. The monoisotopic (exact) mass is 387 g/mol. The van der Waals surface area contributed by atoms with Gasteiger partial charge in [-0.3, -0.25) is 9.79 Å². The first-order chi connectivity index (χ1) is 8.24. The Labute approximate surface area is 132 Å². The van der Waals surface area contributed by atoms with Gasteiger partial charge in [0.05, 0.1) is 19.6 Å². The van der Waals surface area contributed by atoms with Gasteiger partial charge < -0.3 is 20.5 Å². The molecule has 6 nitrogen and oxygen atoms in total. The van der Waals surface area contributed by atoms with Crippen molar-refractivity contribution in [2.75, 3.05) is 20.3 Å². The number of ether oxygens (including phenoxy) is 2. The first-order valence-electron chi connectivity index (χ1n) is 6.02. The zero-order valence-electron chi connectivity index (χ0n) is 12.4. The fraction of sp³-hybridized carbons (Fsp3) is 0.833. The van der Waals surface area contributed by atoms with E-state index in [-0.39, 0.29) is 42.4 Å². The van der Waals surface area contributed by atoms with Gasteiger partial charge in [0, 0.05) is 13.2 Å². The minimum Gasteiger partial charge on any atom is -0.460 e. The predicted octanol–water partition coefficient (Wildman–Crippen LogP) is 1.28. The first-order valence-corrected chi connectivity index (χ1v) is 6.02. The number of hydrogen-bond acceptors (Lipinski definition) is 4. The number of methoxy groups -OCH3 is 1. The molecule has 0 aromatic heterocycles. The van der Waals surface area contributed by atoms with E-state index >= 15 is 0 Å². The molecule has 0 bridgehead atoms. The number of aliphatic imine (C=N–C) groups is 1. The Kier molecular flexibility index (Phi) is 11.2. The molecular formula is C12H26IN3O3. The van der Waals surface area contributed by atoms with E-state index in [9.17, 15) is 4.79 Å². The molecule has 1 unspecified atom stereocenters. The molecule has 0 saturated heterocycles. The molecule has 1 atom stereocenters. The Morgan fingerprint density at radius 2 is 2.00 bits per heavy atom. The predicted molar refractivity (Wildman–Crippen MR) is 86.8 cm³/mol. The van der Waals surface area contributed by atoms with Crippen LogP contribution in [0.3, 0.4) is 0 Å². The van der Waals surface area contributed by atoms with Crippen LogP contribution in [0.15, 0.2) is 4.99 Å². The van der Waals surface area contributed by atoms with E-state index < -0.39 is 5.60 Å². The number of nitrogens with zero attached hydrogens (tertiary/aromatic N) is 1. The number of esters is 1. The molecule has 0 fully saturated rings. The fourth-order valence-corrected chi connectivity index (χ4v) is 1.25. The van der Waals surface area contributed by atoms with Crippen molar-refractivity contribution in [2.45, 2.75) is 45.8 Å². The average molecular weight is 387 g/mol. The Morgan fingerprint density at radius 3 is 2.47 bits per heavy atom. The van der Waals surface area contributed by atoms with Crippen LogP contribution in [-0.4, -0.2) is 43.8 Å². The van der Waals surface area contributed by atoms with Crippen LogP contribution in [0.4, 0.5) is 0 Å². The van der Waals surface area contributed by atoms with Crippen LogP contribution in [0.5, 0.6) is 0 Å². The van der Waals surface area contributed by atoms with E-state index in [0.717, 1.165) is 0 Å². The summed E-state index contributed by atoms with van der Waals surface area (Å²) >= 11 is 0. The van der Waals surface area contributed by atoms with Gasteiger partial charge in [0.25, 0.3) is 0 Å². The molecule has 0 amide bonds. The van der Waals surface area contributed by atoms with E-state index in [1.54, 1.807) is 7.11 Å². The molecule has 0 heterocycles. The van der Waals surface area contributed by atoms with E-state index in [1.165, 1.54) is 0 Å². The molecule has 0 rings (SSSR count). The number of halogens is 1. The van der Waals surface area contributed by atoms with Gasteiger partial charge in [-0.1, -0.05) is 0 Å². The highest BCUT2D eigenvalue weighted by molar-refractivity contribution is 14.0. The topological polar surface area (TPSA) is 85.9 Å². The highest BCUT2D eigenvalue weighted by Crippen LogP contribution is 2.07. The summed E-state index contributed by atoms with van der Waals surface area (Å²) in [5, 5.41) is 2.95. The van der Waals surface area contributed by atoms with E-state index in [2.05, 4.69) is 10.3 Å². The van der Waals surface area contributed by atoms with Crippen LogP contribution < -0.4 is 11.1 Å². The fourth-order valence-electron chi connectivity index (χ4n) is 1.25. The summed E-state index contributed by atoms with van der Waals surface area (Å²) < 4.78 is 10.1. The van der Waals surface area contributed by atoms with Gasteiger partial charge >= 0.3 is 5.97 Å². The maximum atomic E-state index is 11.4. The lowest BCUT2D eigenvalue weighted by atomic mass is 10.2. The van der Waals surface area contributed by atoms with Gasteiger partial charge in [-0.05, 0) is 27.7 Å². The van der Waals surface area contributed by atoms with Crippen molar-refractivity contribution in [1.29, 1.82) is 0 Å². The van der Waals surface area contributed by atoms with Crippen LogP contribution in [-0.2, 0) is 14.3 Å². The summed E-state index contributed by atoms with van der Waals surface area (Å²) in [6, 6.07) is 0.0836. The van der Waals surface area contributed by atoms with Crippen molar-refractivity contribution in [2.24, 2.45) is 10.7 Å². The third-order valence-electron chi connectivity index (χ3n) is 1.83. The van der Waals surface area contributed by atoms with Crippen molar-refractivity contribution in [1.82, 2.24) is 5.32 Å². The number of nitrogens with two attached hydrogens (primary N) is 1. The Balaban J connectivity index is 0. The van der Waals surface area contributed by atoms with Crippen LogP contribution in [0.25, 0.3) is 0 Å². The van der Waals surface area contributed by atoms with Crippen molar-refractivity contribution < 1.29 is 14.3 Å². The van der Waals surface area contributed by atoms with Crippen LogP contribution >= 0.6 is 24.0 Å². The van der Waals surface area contributed by atoms with Gasteiger partial charge in [-0.15, -0.1) is 24.0 Å². The van der Waals surface area contributed by atoms with Crippen LogP contribution in [0.1, 0.15) is 34.1 Å². The highest BCUT2D eigenvalue weighted by atomic mass is 127. The SMILES string of the molecule is COCC(C)NC(N)=NCCC(=O)OC(C)(C)C.I. The van der Waals surface area contributed by atoms with Gasteiger partial charge in [-0.25, -0.2) is 0 Å². The molecule has 0 aliphatic rings. The van der Waals surface area contributed by atoms with Gasteiger partial charge in [-0.2, -0.15) is 0 Å². The number of nitrogens with one attached hydrogen (secondary N) is 1. The lowest BCUT2D eigenvalue weighted by Crippen LogP contribution is -2.40. The molecular weight excluding hydrogens is 361 g/mol. The summed E-state index contributed by atoms with van der Waals surface area (Å²) in [6.45, 7) is 8.28. The molecule has 0 aromatic carbocycles. The maximum absolute atomic E-state index is 11.4. The standard InChI is InChI=1S/C12H25N3O3.HI/c1-9(8-17-5)15-11(13)14-7-6-10(16)18-12(2,3)4;/h9H,6-8H2,1-5H3,(H3,13,14,15);1H. The summed E-state index contributed by atoms with van der Waals surface area (Å²) in [5.41, 5.74) is 5.19. The van der Waals surface area contributed by atoms with E-state index in [1.807, 2.05) is 27.7 Å². The molecule has 0 aliphatic heterocycles. The molecule has 0 saturated carbocycles. The normalized spacial score (nSPS) is 13.4. The average Bonchev–Trinajstić information content (AvgIpc) is 2.14. The van der Waals surface area contributed by atoms with Gasteiger partial charge in [0.15, 0.2) is 5.96 Å². The summed E-state index contributed by atoms with van der Waals surface area (Å²) in [7, 11) is 1.62. The molecule has 0 radical (unpaired) electrons. The zero-order valence-corrected chi connectivity index (χ0v) is 14.7. The second kappa shape index (κ2) is 10.2. The molecule has 0 spiro atoms. The third kappa shape index (κ3) is 13.7. The van der Waals surface area contributed by atoms with E-state index in [0.29, 0.717) is 19.1 Å². The van der Waals surface area contributed by atoms with Crippen LogP contribution in [0, 0.1) is 0 Å². The van der Waals surface area contributed by atoms with Crippen molar-refractivity contribution in [3.05, 3.63) is 0 Å². The third-order valence-corrected chi connectivity index (χ3v) is 1.83. The van der Waals surface area contributed by atoms with Gasteiger partial charge in [0.2, 0.25) is 0 Å². The highest BCUT2D eigenvalue weighted by Gasteiger charge is 2.15. The summed E-state index contributed by atoms with van der Waals surface area (Å²) in [5.74, 6) is 0.0344. The summed E-state index contributed by atoms with van der Waals surface area (Å²) in [6.07, 6.45) is 0.221. The smallest absolute Gasteiger partial charge is 0.308 e. The molecule has 114 valence electrons. The minimum absolute atomic E-state index is 0. The number of hydrogen-bond donors (Lipinski definition) is 2. The minimum atomic E-state index is -0.461. The largest absolute Gasteiger partial charge is 0.460 e. The molecule has 0 aromatic rings. The molecule has 0 aliphatic carbocycles. The lowest BCUT2D eigenvalue weighted by Gasteiger charge is -2.19. The number of carbonyl (C=O) groups excluding carboxylic acids is 1. The van der Waals surface area contributed by atoms with Crippen molar-refractivity contribution >= 4 is 35.9 Å². The number of guanidine groups is 1. The van der Waals surface area contributed by atoms with Crippen molar-refractivity contribution in [3.8, 4) is 0 Å². The first kappa shape index (κ1) is 20.7. The number of carbonyl (C=O) groups is 1. The Morgan fingerprint density at radius 1 is 1.42 bits per heavy atom. The second-order valence-corrected chi connectivity index (χ2v) is 5.10. The maximum Gasteiger partial charge on any atom is 0.308 e. The summed E-state index contributed by atoms with van der Waals surface area (Å²) in [4.78, 5) is 15.4. The Hall–Kier alpha value is -0.570. The Bertz CT molecular complexity index is 290. The zero-order chi connectivity index (χ0) is 14.2. The van der Waals surface area contributed by atoms with Crippen molar-refractivity contribution in [3.63, 3.8) is 0 Å². The lowest BCUT2D eigenvalue weighted by molar-refractivity contribution is -0.154. The van der Waals surface area contributed by atoms with Gasteiger partial charge in [0.1, 0.15) is 5.60 Å². The quantitative estimate of drug-likeness (QED) is 0.310. The van der Waals surface area contributed by atoms with Crippen LogP contribution in [0.2, 0.25) is 0 Å². The molecule has 3 N–H and O–H groups in total. The second-order valence-electron chi connectivity index (χ2n) is 5.10.